The van der Waals surface area contributed by atoms with E-state index in [1.54, 1.807) is 6.33 Å². The number of hydrogen-bond donors (Lipinski definition) is 0. The van der Waals surface area contributed by atoms with Crippen LogP contribution in [0, 0.1) is 0 Å². The molecule has 5 rings (SSSR count). The van der Waals surface area contributed by atoms with Gasteiger partial charge in [0.25, 0.3) is 0 Å². The molecule has 2 aromatic heterocycles. The molecular weight excluding hydrogens is 430 g/mol. The Morgan fingerprint density at radius 3 is 2.71 bits per heavy atom. The minimum atomic E-state index is -0.244. The standard InChI is InChI=1S/C23H34ClN5OS/c1-27(17-7-9-28(10-8-17)18-5-3-2-4-6-18)23(29-11-12-30-22(24)15-29)20-13-19-21(31-20)14-25-16-26-19/h13-14,16-18,22-23H,2-12,15H2,1H3. The van der Waals surface area contributed by atoms with E-state index in [1.165, 1.54) is 62.9 Å². The van der Waals surface area contributed by atoms with E-state index < -0.39 is 0 Å². The van der Waals surface area contributed by atoms with Crippen molar-refractivity contribution in [3.05, 3.63) is 23.5 Å². The molecule has 2 aromatic rings. The minimum Gasteiger partial charge on any atom is -0.360 e. The number of ether oxygens (including phenoxy) is 1. The van der Waals surface area contributed by atoms with Crippen molar-refractivity contribution in [1.29, 1.82) is 0 Å². The molecular formula is C23H34ClN5OS. The second-order valence-corrected chi connectivity index (χ2v) is 10.9. The second kappa shape index (κ2) is 9.98. The zero-order valence-electron chi connectivity index (χ0n) is 18.5. The molecule has 1 aliphatic carbocycles. The van der Waals surface area contributed by atoms with Crippen LogP contribution in [0.1, 0.15) is 56.0 Å². The average Bonchev–Trinajstić information content (AvgIpc) is 3.23. The minimum absolute atomic E-state index is 0.204. The Kier molecular flexibility index (Phi) is 7.08. The van der Waals surface area contributed by atoms with Crippen molar-refractivity contribution < 1.29 is 4.74 Å². The third-order valence-corrected chi connectivity index (χ3v) is 8.78. The van der Waals surface area contributed by atoms with E-state index in [0.29, 0.717) is 12.6 Å². The first kappa shape index (κ1) is 22.0. The largest absolute Gasteiger partial charge is 0.360 e. The summed E-state index contributed by atoms with van der Waals surface area (Å²) in [4.78, 5) is 17.9. The third kappa shape index (κ3) is 4.92. The lowest BCUT2D eigenvalue weighted by molar-refractivity contribution is -0.0598. The van der Waals surface area contributed by atoms with Gasteiger partial charge in [-0.25, -0.2) is 9.97 Å². The molecule has 3 fully saturated rings. The molecule has 6 nitrogen and oxygen atoms in total. The molecule has 1 saturated carbocycles. The lowest BCUT2D eigenvalue weighted by Gasteiger charge is -2.47. The molecule has 0 radical (unpaired) electrons. The van der Waals surface area contributed by atoms with Gasteiger partial charge in [0.2, 0.25) is 0 Å². The van der Waals surface area contributed by atoms with Gasteiger partial charge in [-0.2, -0.15) is 0 Å². The fraction of sp³-hybridized carbons (Fsp3) is 0.739. The van der Waals surface area contributed by atoms with E-state index in [2.05, 4.69) is 37.8 Å². The molecule has 0 aromatic carbocycles. The van der Waals surface area contributed by atoms with Gasteiger partial charge in [-0.3, -0.25) is 9.80 Å². The summed E-state index contributed by atoms with van der Waals surface area (Å²) in [5, 5.41) is 0. The maximum atomic E-state index is 6.41. The number of halogens is 1. The normalized spacial score (nSPS) is 26.6. The van der Waals surface area contributed by atoms with E-state index in [1.807, 2.05) is 17.5 Å². The number of alkyl halides is 1. The maximum absolute atomic E-state index is 6.41. The predicted molar refractivity (Wildman–Crippen MR) is 127 cm³/mol. The topological polar surface area (TPSA) is 44.7 Å². The van der Waals surface area contributed by atoms with Crippen LogP contribution in [0.3, 0.4) is 0 Å². The van der Waals surface area contributed by atoms with Crippen LogP contribution >= 0.6 is 22.9 Å². The Balaban J connectivity index is 1.33. The Hall–Kier alpha value is -0.830. The van der Waals surface area contributed by atoms with Gasteiger partial charge >= 0.3 is 0 Å². The van der Waals surface area contributed by atoms with E-state index in [-0.39, 0.29) is 11.7 Å². The summed E-state index contributed by atoms with van der Waals surface area (Å²) in [6.45, 7) is 4.79. The number of thiophene rings is 1. The van der Waals surface area contributed by atoms with Crippen LogP contribution in [0.2, 0.25) is 0 Å². The molecule has 0 N–H and O–H groups in total. The van der Waals surface area contributed by atoms with Crippen molar-refractivity contribution in [2.75, 3.05) is 39.8 Å². The number of fused-ring (bicyclic) bond motifs is 1. The number of nitrogens with zero attached hydrogens (tertiary/aromatic N) is 5. The summed E-state index contributed by atoms with van der Waals surface area (Å²) in [7, 11) is 2.31. The SMILES string of the molecule is CN(C1CCN(C2CCCCC2)CC1)C(c1cc2ncncc2s1)N1CCOC(Cl)C1. The number of morpholine rings is 1. The Labute approximate surface area is 194 Å². The van der Waals surface area contributed by atoms with Gasteiger partial charge in [-0.1, -0.05) is 30.9 Å². The quantitative estimate of drug-likeness (QED) is 0.615. The monoisotopic (exact) mass is 463 g/mol. The highest BCUT2D eigenvalue weighted by atomic mass is 35.5. The summed E-state index contributed by atoms with van der Waals surface area (Å²) in [6, 6.07) is 3.66. The highest BCUT2D eigenvalue weighted by Crippen LogP contribution is 2.37. The van der Waals surface area contributed by atoms with E-state index in [4.69, 9.17) is 16.3 Å². The lowest BCUT2D eigenvalue weighted by Crippen LogP contribution is -2.53. The van der Waals surface area contributed by atoms with Crippen LogP contribution in [-0.4, -0.2) is 82.1 Å². The summed E-state index contributed by atoms with van der Waals surface area (Å²) >= 11 is 8.22. The van der Waals surface area contributed by atoms with Crippen molar-refractivity contribution in [3.8, 4) is 0 Å². The van der Waals surface area contributed by atoms with Crippen molar-refractivity contribution in [1.82, 2.24) is 24.7 Å². The molecule has 2 unspecified atom stereocenters. The number of hydrogen-bond acceptors (Lipinski definition) is 7. The van der Waals surface area contributed by atoms with Gasteiger partial charge in [0.05, 0.1) is 23.0 Å². The predicted octanol–water partition coefficient (Wildman–Crippen LogP) is 4.32. The van der Waals surface area contributed by atoms with Crippen molar-refractivity contribution >= 4 is 33.2 Å². The molecule has 0 bridgehead atoms. The first-order valence-electron chi connectivity index (χ1n) is 11.8. The summed E-state index contributed by atoms with van der Waals surface area (Å²) in [5.41, 5.74) is 0.795. The zero-order chi connectivity index (χ0) is 21.2. The summed E-state index contributed by atoms with van der Waals surface area (Å²) in [6.07, 6.45) is 13.3. The first-order valence-corrected chi connectivity index (χ1v) is 13.1. The van der Waals surface area contributed by atoms with Crippen molar-refractivity contribution in [3.63, 3.8) is 0 Å². The van der Waals surface area contributed by atoms with Crippen LogP contribution in [0.4, 0.5) is 0 Å². The van der Waals surface area contributed by atoms with Crippen LogP contribution in [-0.2, 0) is 4.74 Å². The first-order chi connectivity index (χ1) is 15.2. The highest BCUT2D eigenvalue weighted by molar-refractivity contribution is 7.19. The number of rotatable bonds is 5. The summed E-state index contributed by atoms with van der Waals surface area (Å²) < 4.78 is 6.79. The van der Waals surface area contributed by atoms with Crippen LogP contribution < -0.4 is 0 Å². The molecule has 4 heterocycles. The molecule has 0 spiro atoms. The lowest BCUT2D eigenvalue weighted by atomic mass is 9.91. The fourth-order valence-corrected chi connectivity index (χ4v) is 7.16. The fourth-order valence-electron chi connectivity index (χ4n) is 5.72. The van der Waals surface area contributed by atoms with E-state index in [0.717, 1.165) is 29.3 Å². The Morgan fingerprint density at radius 1 is 1.16 bits per heavy atom. The second-order valence-electron chi connectivity index (χ2n) is 9.29. The number of aromatic nitrogens is 2. The van der Waals surface area contributed by atoms with Gasteiger partial charge in [-0.05, 0) is 51.9 Å². The maximum Gasteiger partial charge on any atom is 0.143 e. The molecule has 2 atom stereocenters. The van der Waals surface area contributed by atoms with Gasteiger partial charge in [0.1, 0.15) is 11.9 Å². The zero-order valence-corrected chi connectivity index (χ0v) is 20.0. The molecule has 2 aliphatic heterocycles. The third-order valence-electron chi connectivity index (χ3n) is 7.42. The number of likely N-dealkylation sites (tertiary alicyclic amines) is 1. The van der Waals surface area contributed by atoms with Gasteiger partial charge < -0.3 is 9.64 Å². The Morgan fingerprint density at radius 2 is 1.97 bits per heavy atom. The van der Waals surface area contributed by atoms with Crippen molar-refractivity contribution in [2.45, 2.75) is 68.8 Å². The Bertz CT molecular complexity index is 818. The average molecular weight is 464 g/mol. The highest BCUT2D eigenvalue weighted by Gasteiger charge is 2.36. The smallest absolute Gasteiger partial charge is 0.143 e. The van der Waals surface area contributed by atoms with Crippen LogP contribution in [0.25, 0.3) is 10.2 Å². The summed E-state index contributed by atoms with van der Waals surface area (Å²) in [5.74, 6) is 0. The van der Waals surface area contributed by atoms with Crippen molar-refractivity contribution in [2.24, 2.45) is 0 Å². The molecule has 2 saturated heterocycles. The molecule has 3 aliphatic rings. The van der Waals surface area contributed by atoms with Crippen LogP contribution in [0.5, 0.6) is 0 Å². The van der Waals surface area contributed by atoms with Gasteiger partial charge in [-0.15, -0.1) is 11.3 Å². The van der Waals surface area contributed by atoms with E-state index >= 15 is 0 Å². The molecule has 31 heavy (non-hydrogen) atoms. The van der Waals surface area contributed by atoms with Gasteiger partial charge in [0, 0.05) is 36.2 Å². The van der Waals surface area contributed by atoms with Crippen LogP contribution in [0.15, 0.2) is 18.6 Å². The van der Waals surface area contributed by atoms with Gasteiger partial charge in [0.15, 0.2) is 0 Å². The number of piperidine rings is 1. The molecule has 0 amide bonds. The van der Waals surface area contributed by atoms with E-state index in [9.17, 15) is 0 Å². The molecule has 8 heteroatoms. The molecule has 170 valence electrons.